The number of rotatable bonds is 4. The first-order chi connectivity index (χ1) is 16.0. The molecule has 5 saturated heterocycles. The zero-order chi connectivity index (χ0) is 23.3. The second-order valence-electron chi connectivity index (χ2n) is 10.6. The Bertz CT molecular complexity index is 747. The summed E-state index contributed by atoms with van der Waals surface area (Å²) in [4.78, 5) is 18.5. The summed E-state index contributed by atoms with van der Waals surface area (Å²) in [6, 6.07) is 10.3. The van der Waals surface area contributed by atoms with Gasteiger partial charge in [-0.1, -0.05) is 13.8 Å². The van der Waals surface area contributed by atoms with Gasteiger partial charge in [-0.25, -0.2) is 0 Å². The Balaban J connectivity index is 0.000000275. The number of ether oxygens (including phenoxy) is 1. The summed E-state index contributed by atoms with van der Waals surface area (Å²) in [5.41, 5.74) is 2.90. The van der Waals surface area contributed by atoms with Crippen LogP contribution in [0.3, 0.4) is 0 Å². The third kappa shape index (κ3) is 6.17. The molecule has 2 atom stereocenters. The number of piperidine rings is 1. The Kier molecular flexibility index (Phi) is 8.47. The van der Waals surface area contributed by atoms with Crippen molar-refractivity contribution >= 4 is 29.5 Å². The molecule has 0 saturated carbocycles. The molecule has 1 amide bonds. The van der Waals surface area contributed by atoms with Crippen molar-refractivity contribution in [1.29, 1.82) is 0 Å². The zero-order valence-electron chi connectivity index (χ0n) is 20.7. The molecule has 0 spiro atoms. The van der Waals surface area contributed by atoms with Crippen LogP contribution in [-0.2, 0) is 9.53 Å². The summed E-state index contributed by atoms with van der Waals surface area (Å²) in [7, 11) is 2.01. The molecule has 1 aromatic carbocycles. The topological polar surface area (TPSA) is 48.1 Å². The Morgan fingerprint density at radius 2 is 1.70 bits per heavy atom. The monoisotopic (exact) mass is 474 g/mol. The smallest absolute Gasteiger partial charge is 0.209 e. The number of thioether (sulfide) groups is 1. The first-order valence-corrected chi connectivity index (χ1v) is 13.8. The molecule has 0 aliphatic carbocycles. The molecule has 5 aliphatic rings. The molecule has 2 unspecified atom stereocenters. The normalized spacial score (nSPS) is 27.5. The van der Waals surface area contributed by atoms with Gasteiger partial charge in [0.25, 0.3) is 0 Å². The molecule has 1 N–H and O–H groups in total. The third-order valence-corrected chi connectivity index (χ3v) is 8.73. The van der Waals surface area contributed by atoms with Gasteiger partial charge in [0.1, 0.15) is 0 Å². The van der Waals surface area contributed by atoms with E-state index in [1.165, 1.54) is 42.1 Å². The predicted octanol–water partition coefficient (Wildman–Crippen LogP) is 3.32. The van der Waals surface area contributed by atoms with E-state index >= 15 is 0 Å². The maximum Gasteiger partial charge on any atom is 0.209 e. The van der Waals surface area contributed by atoms with Crippen molar-refractivity contribution < 1.29 is 9.53 Å². The van der Waals surface area contributed by atoms with Crippen LogP contribution in [0.4, 0.5) is 11.4 Å². The average molecular weight is 475 g/mol. The lowest BCUT2D eigenvalue weighted by Crippen LogP contribution is -2.53. The Hall–Kier alpha value is -1.44. The molecular formula is C26H42N4O2S. The summed E-state index contributed by atoms with van der Waals surface area (Å²) in [5.74, 6) is 3.03. The molecule has 0 radical (unpaired) electrons. The number of hydrogen-bond acceptors (Lipinski definition) is 6. The Morgan fingerprint density at radius 3 is 2.30 bits per heavy atom. The van der Waals surface area contributed by atoms with Gasteiger partial charge < -0.3 is 24.8 Å². The minimum absolute atomic E-state index is 0.240. The van der Waals surface area contributed by atoms with E-state index < -0.39 is 0 Å². The molecule has 184 valence electrons. The van der Waals surface area contributed by atoms with Gasteiger partial charge in [-0.3, -0.25) is 4.79 Å². The van der Waals surface area contributed by atoms with E-state index in [2.05, 4.69) is 53.2 Å². The largest absolute Gasteiger partial charge is 0.381 e. The van der Waals surface area contributed by atoms with Crippen molar-refractivity contribution in [3.63, 3.8) is 0 Å². The number of carbonyl (C=O) groups is 1. The van der Waals surface area contributed by atoms with Crippen LogP contribution in [0, 0.1) is 11.3 Å². The van der Waals surface area contributed by atoms with Gasteiger partial charge in [-0.15, -0.1) is 0 Å². The highest BCUT2D eigenvalue weighted by molar-refractivity contribution is 7.99. The number of benzene rings is 1. The van der Waals surface area contributed by atoms with Crippen LogP contribution in [0.2, 0.25) is 0 Å². The minimum Gasteiger partial charge on any atom is -0.381 e. The van der Waals surface area contributed by atoms with Crippen molar-refractivity contribution in [3.05, 3.63) is 24.3 Å². The fourth-order valence-electron chi connectivity index (χ4n) is 5.90. The molecular weight excluding hydrogens is 432 g/mol. The van der Waals surface area contributed by atoms with Gasteiger partial charge in [-0.2, -0.15) is 11.8 Å². The highest BCUT2D eigenvalue weighted by Gasteiger charge is 2.45. The van der Waals surface area contributed by atoms with E-state index in [1.54, 1.807) is 0 Å². The van der Waals surface area contributed by atoms with Crippen molar-refractivity contribution in [2.45, 2.75) is 45.2 Å². The SMILES string of the molecule is CC1(C)CC2CN(C=O)CC1N(c1ccc(N3CCSCC3)cc1)C2.CNC1CCOCC1. The standard InChI is InChI=1S/C20H29N3OS.C6H13NO/c1-20(2)11-16-12-21(15-24)14-19(20)23(13-16)18-5-3-17(4-6-18)22-7-9-25-10-8-22;1-7-6-2-4-8-5-3-6/h3-6,15-16,19H,7-14H2,1-2H3;6-7H,2-5H2,1H3. The van der Waals surface area contributed by atoms with Gasteiger partial charge in [0.05, 0.1) is 6.04 Å². The van der Waals surface area contributed by atoms with E-state index in [1.807, 2.05) is 23.7 Å². The van der Waals surface area contributed by atoms with Gasteiger partial charge in [0, 0.05) is 74.9 Å². The van der Waals surface area contributed by atoms with Gasteiger partial charge in [0.2, 0.25) is 6.41 Å². The molecule has 6 rings (SSSR count). The highest BCUT2D eigenvalue weighted by atomic mass is 32.2. The molecule has 6 nitrogen and oxygen atoms in total. The molecule has 2 bridgehead atoms. The van der Waals surface area contributed by atoms with Crippen LogP contribution in [0.15, 0.2) is 24.3 Å². The second kappa shape index (κ2) is 11.3. The lowest BCUT2D eigenvalue weighted by molar-refractivity contribution is -0.118. The fraction of sp³-hybridized carbons (Fsp3) is 0.731. The van der Waals surface area contributed by atoms with Crippen LogP contribution in [0.1, 0.15) is 33.1 Å². The number of amides is 1. The molecule has 33 heavy (non-hydrogen) atoms. The van der Waals surface area contributed by atoms with Crippen LogP contribution in [0.25, 0.3) is 0 Å². The molecule has 5 heterocycles. The van der Waals surface area contributed by atoms with Crippen LogP contribution < -0.4 is 15.1 Å². The van der Waals surface area contributed by atoms with Crippen LogP contribution >= 0.6 is 11.8 Å². The van der Waals surface area contributed by atoms with E-state index in [4.69, 9.17) is 4.74 Å². The lowest BCUT2D eigenvalue weighted by atomic mass is 9.73. The number of hydrogen-bond donors (Lipinski definition) is 1. The third-order valence-electron chi connectivity index (χ3n) is 7.78. The Labute approximate surface area is 204 Å². The molecule has 5 aliphatic heterocycles. The average Bonchev–Trinajstić information content (AvgIpc) is 3.12. The summed E-state index contributed by atoms with van der Waals surface area (Å²) < 4.78 is 5.16. The maximum atomic E-state index is 11.4. The van der Waals surface area contributed by atoms with Crippen molar-refractivity contribution in [2.24, 2.45) is 11.3 Å². The van der Waals surface area contributed by atoms with Crippen molar-refractivity contribution in [2.75, 3.05) is 74.3 Å². The van der Waals surface area contributed by atoms with E-state index in [-0.39, 0.29) is 5.41 Å². The lowest BCUT2D eigenvalue weighted by Gasteiger charge is -2.48. The van der Waals surface area contributed by atoms with E-state index in [0.29, 0.717) is 18.0 Å². The second-order valence-corrected chi connectivity index (χ2v) is 11.8. The number of fused-ring (bicyclic) bond motifs is 4. The fourth-order valence-corrected chi connectivity index (χ4v) is 6.81. The van der Waals surface area contributed by atoms with Crippen molar-refractivity contribution in [3.8, 4) is 0 Å². The van der Waals surface area contributed by atoms with Crippen molar-refractivity contribution in [1.82, 2.24) is 10.2 Å². The number of nitrogens with one attached hydrogen (secondary N) is 1. The summed E-state index contributed by atoms with van der Waals surface area (Å²) >= 11 is 2.05. The van der Waals surface area contributed by atoms with Gasteiger partial charge in [0.15, 0.2) is 0 Å². The van der Waals surface area contributed by atoms with E-state index in [0.717, 1.165) is 52.3 Å². The first kappa shape index (κ1) is 24.7. The predicted molar refractivity (Wildman–Crippen MR) is 140 cm³/mol. The van der Waals surface area contributed by atoms with Gasteiger partial charge in [-0.05, 0) is 61.9 Å². The summed E-state index contributed by atoms with van der Waals surface area (Å²) in [6.45, 7) is 11.7. The summed E-state index contributed by atoms with van der Waals surface area (Å²) in [5, 5.41) is 3.22. The minimum atomic E-state index is 0.240. The number of carbonyl (C=O) groups excluding carboxylic acids is 1. The Morgan fingerprint density at radius 1 is 1.03 bits per heavy atom. The van der Waals surface area contributed by atoms with E-state index in [9.17, 15) is 4.79 Å². The van der Waals surface area contributed by atoms with Crippen LogP contribution in [0.5, 0.6) is 0 Å². The molecule has 1 aromatic rings. The highest BCUT2D eigenvalue weighted by Crippen LogP contribution is 2.43. The number of anilines is 2. The first-order valence-electron chi connectivity index (χ1n) is 12.6. The number of nitrogens with zero attached hydrogens (tertiary/aromatic N) is 3. The maximum absolute atomic E-state index is 11.4. The molecule has 7 heteroatoms. The zero-order valence-corrected chi connectivity index (χ0v) is 21.5. The van der Waals surface area contributed by atoms with Gasteiger partial charge >= 0.3 is 0 Å². The van der Waals surface area contributed by atoms with Crippen LogP contribution in [-0.4, -0.2) is 87.9 Å². The summed E-state index contributed by atoms with van der Waals surface area (Å²) in [6.07, 6.45) is 4.61. The quantitative estimate of drug-likeness (QED) is 0.676. The molecule has 0 aromatic heterocycles. The molecule has 5 fully saturated rings.